The Labute approximate surface area is 92.4 Å². The van der Waals surface area contributed by atoms with E-state index in [0.29, 0.717) is 6.54 Å². The third kappa shape index (κ3) is 5.03. The average Bonchev–Trinajstić information content (AvgIpc) is 2.53. The molecule has 2 nitrogen and oxygen atoms in total. The van der Waals surface area contributed by atoms with Gasteiger partial charge in [0.15, 0.2) is 0 Å². The van der Waals surface area contributed by atoms with Gasteiger partial charge in [0, 0.05) is 12.7 Å². The SMILES string of the molecule is CC.N/C=C1/C=CC=CC=C1/C=C/CN. The van der Waals surface area contributed by atoms with E-state index in [4.69, 9.17) is 11.5 Å². The van der Waals surface area contributed by atoms with E-state index in [1.165, 1.54) is 0 Å². The summed E-state index contributed by atoms with van der Waals surface area (Å²) in [6.45, 7) is 4.54. The fraction of sp³-hybridized carbons (Fsp3) is 0.231. The van der Waals surface area contributed by atoms with E-state index in [0.717, 1.165) is 11.1 Å². The number of allylic oxidation sites excluding steroid dienone is 8. The second-order valence-electron chi connectivity index (χ2n) is 2.63. The second kappa shape index (κ2) is 9.03. The van der Waals surface area contributed by atoms with Crippen LogP contribution in [-0.2, 0) is 0 Å². The van der Waals surface area contributed by atoms with Crippen molar-refractivity contribution in [2.24, 2.45) is 11.5 Å². The van der Waals surface area contributed by atoms with E-state index in [2.05, 4.69) is 0 Å². The minimum atomic E-state index is 0.544. The van der Waals surface area contributed by atoms with Crippen LogP contribution in [0, 0.1) is 0 Å². The van der Waals surface area contributed by atoms with Crippen molar-refractivity contribution in [1.29, 1.82) is 0 Å². The van der Waals surface area contributed by atoms with Gasteiger partial charge >= 0.3 is 0 Å². The minimum Gasteiger partial charge on any atom is -0.404 e. The summed E-state index contributed by atoms with van der Waals surface area (Å²) >= 11 is 0. The van der Waals surface area contributed by atoms with Crippen LogP contribution in [-0.4, -0.2) is 6.54 Å². The van der Waals surface area contributed by atoms with Gasteiger partial charge < -0.3 is 11.5 Å². The molecule has 0 unspecified atom stereocenters. The molecule has 0 aromatic rings. The molecular formula is C13H20N2. The van der Waals surface area contributed by atoms with E-state index >= 15 is 0 Å². The molecule has 0 spiro atoms. The molecule has 0 saturated carbocycles. The fourth-order valence-corrected chi connectivity index (χ4v) is 1.07. The van der Waals surface area contributed by atoms with Crippen LogP contribution < -0.4 is 11.5 Å². The molecule has 4 N–H and O–H groups in total. The van der Waals surface area contributed by atoms with Gasteiger partial charge in [-0.05, 0) is 11.1 Å². The van der Waals surface area contributed by atoms with Crippen molar-refractivity contribution in [3.05, 3.63) is 59.9 Å². The molecular weight excluding hydrogens is 184 g/mol. The van der Waals surface area contributed by atoms with Crippen molar-refractivity contribution in [2.45, 2.75) is 13.8 Å². The minimum absolute atomic E-state index is 0.544. The van der Waals surface area contributed by atoms with Gasteiger partial charge in [-0.1, -0.05) is 56.4 Å². The summed E-state index contributed by atoms with van der Waals surface area (Å²) in [5.74, 6) is 0. The summed E-state index contributed by atoms with van der Waals surface area (Å²) in [7, 11) is 0. The van der Waals surface area contributed by atoms with E-state index in [1.54, 1.807) is 6.20 Å². The predicted molar refractivity (Wildman–Crippen MR) is 68.2 cm³/mol. The van der Waals surface area contributed by atoms with E-state index in [1.807, 2.05) is 56.4 Å². The first-order valence-electron chi connectivity index (χ1n) is 5.22. The zero-order valence-corrected chi connectivity index (χ0v) is 9.48. The lowest BCUT2D eigenvalue weighted by molar-refractivity contribution is 1.25. The first-order valence-corrected chi connectivity index (χ1v) is 5.22. The van der Waals surface area contributed by atoms with Crippen LogP contribution in [0.4, 0.5) is 0 Å². The number of hydrogen-bond donors (Lipinski definition) is 2. The molecule has 0 atom stereocenters. The molecule has 15 heavy (non-hydrogen) atoms. The zero-order chi connectivity index (χ0) is 11.5. The highest BCUT2D eigenvalue weighted by atomic mass is 14.5. The maximum Gasteiger partial charge on any atom is 0.0110 e. The fourth-order valence-electron chi connectivity index (χ4n) is 1.07. The van der Waals surface area contributed by atoms with Crippen LogP contribution in [0.15, 0.2) is 59.9 Å². The molecule has 1 aliphatic rings. The number of nitrogens with two attached hydrogens (primary N) is 2. The molecule has 0 fully saturated rings. The first kappa shape index (κ1) is 13.5. The maximum atomic E-state index is 5.49. The van der Waals surface area contributed by atoms with Gasteiger partial charge in [0.25, 0.3) is 0 Å². The van der Waals surface area contributed by atoms with Gasteiger partial charge in [-0.2, -0.15) is 0 Å². The van der Waals surface area contributed by atoms with Crippen LogP contribution in [0.25, 0.3) is 0 Å². The largest absolute Gasteiger partial charge is 0.404 e. The van der Waals surface area contributed by atoms with E-state index in [9.17, 15) is 0 Å². The van der Waals surface area contributed by atoms with Gasteiger partial charge in [0.05, 0.1) is 0 Å². The lowest BCUT2D eigenvalue weighted by Crippen LogP contribution is -1.94. The average molecular weight is 204 g/mol. The molecule has 1 aliphatic carbocycles. The van der Waals surface area contributed by atoms with Crippen molar-refractivity contribution in [3.63, 3.8) is 0 Å². The molecule has 0 aliphatic heterocycles. The summed E-state index contributed by atoms with van der Waals surface area (Å²) in [6.07, 6.45) is 15.3. The second-order valence-corrected chi connectivity index (χ2v) is 2.63. The third-order valence-electron chi connectivity index (χ3n) is 1.72. The van der Waals surface area contributed by atoms with Crippen molar-refractivity contribution in [2.75, 3.05) is 6.54 Å². The van der Waals surface area contributed by atoms with E-state index in [-0.39, 0.29) is 0 Å². The van der Waals surface area contributed by atoms with Crippen LogP contribution >= 0.6 is 0 Å². The molecule has 0 aromatic carbocycles. The summed E-state index contributed by atoms with van der Waals surface area (Å²) < 4.78 is 0. The maximum absolute atomic E-state index is 5.49. The highest BCUT2D eigenvalue weighted by Gasteiger charge is 1.97. The van der Waals surface area contributed by atoms with Crippen molar-refractivity contribution in [3.8, 4) is 0 Å². The normalized spacial score (nSPS) is 17.3. The van der Waals surface area contributed by atoms with Crippen molar-refractivity contribution in [1.82, 2.24) is 0 Å². The molecule has 1 rings (SSSR count). The number of rotatable bonds is 2. The van der Waals surface area contributed by atoms with Crippen LogP contribution in [0.2, 0.25) is 0 Å². The smallest absolute Gasteiger partial charge is 0.0110 e. The topological polar surface area (TPSA) is 52.0 Å². The summed E-state index contributed by atoms with van der Waals surface area (Å²) in [5, 5.41) is 0. The Morgan fingerprint density at radius 2 is 1.93 bits per heavy atom. The van der Waals surface area contributed by atoms with Gasteiger partial charge in [0.2, 0.25) is 0 Å². The van der Waals surface area contributed by atoms with Gasteiger partial charge in [-0.3, -0.25) is 0 Å². The molecule has 82 valence electrons. The van der Waals surface area contributed by atoms with E-state index < -0.39 is 0 Å². The van der Waals surface area contributed by atoms with Gasteiger partial charge in [0.1, 0.15) is 0 Å². The van der Waals surface area contributed by atoms with Crippen molar-refractivity contribution < 1.29 is 0 Å². The molecule has 0 heterocycles. The summed E-state index contributed by atoms with van der Waals surface area (Å²) in [6, 6.07) is 0. The predicted octanol–water partition coefficient (Wildman–Crippen LogP) is 2.42. The lowest BCUT2D eigenvalue weighted by Gasteiger charge is -1.99. The molecule has 0 amide bonds. The molecule has 0 radical (unpaired) electrons. The molecule has 0 saturated heterocycles. The van der Waals surface area contributed by atoms with Crippen molar-refractivity contribution >= 4 is 0 Å². The van der Waals surface area contributed by atoms with Crippen LogP contribution in [0.5, 0.6) is 0 Å². The van der Waals surface area contributed by atoms with Gasteiger partial charge in [-0.15, -0.1) is 0 Å². The quantitative estimate of drug-likeness (QED) is 0.725. The molecule has 0 aromatic heterocycles. The van der Waals surface area contributed by atoms with Crippen LogP contribution in [0.3, 0.4) is 0 Å². The monoisotopic (exact) mass is 204 g/mol. The Kier molecular flexibility index (Phi) is 8.10. The summed E-state index contributed by atoms with van der Waals surface area (Å²) in [5.41, 5.74) is 12.9. The highest BCUT2D eigenvalue weighted by Crippen LogP contribution is 2.14. The zero-order valence-electron chi connectivity index (χ0n) is 9.48. The number of hydrogen-bond acceptors (Lipinski definition) is 2. The lowest BCUT2D eigenvalue weighted by atomic mass is 10.1. The Balaban J connectivity index is 0.000000921. The van der Waals surface area contributed by atoms with Gasteiger partial charge in [-0.25, -0.2) is 0 Å². The molecule has 2 heteroatoms. The molecule has 0 bridgehead atoms. The first-order chi connectivity index (χ1) is 7.38. The Morgan fingerprint density at radius 1 is 1.20 bits per heavy atom. The Bertz CT molecular complexity index is 304. The third-order valence-corrected chi connectivity index (χ3v) is 1.72. The van der Waals surface area contributed by atoms with Crippen LogP contribution in [0.1, 0.15) is 13.8 Å². The standard InChI is InChI=1S/C11H14N2.C2H6/c12-8-4-7-10-5-2-1-3-6-11(10)9-13;1-2/h1-7,9H,8,12-13H2;1-2H3/b7-4+,11-9-;. The Morgan fingerprint density at radius 3 is 2.53 bits per heavy atom. The Hall–Kier alpha value is -1.54. The highest BCUT2D eigenvalue weighted by molar-refractivity contribution is 5.50. The summed E-state index contributed by atoms with van der Waals surface area (Å²) in [4.78, 5) is 0.